The van der Waals surface area contributed by atoms with Gasteiger partial charge in [0, 0.05) is 25.0 Å². The summed E-state index contributed by atoms with van der Waals surface area (Å²) in [6, 6.07) is 3.34. The third-order valence-corrected chi connectivity index (χ3v) is 2.67. The van der Waals surface area contributed by atoms with E-state index in [0.29, 0.717) is 12.1 Å². The number of carboxylic acids is 1. The lowest BCUT2D eigenvalue weighted by molar-refractivity contribution is 0.0698. The summed E-state index contributed by atoms with van der Waals surface area (Å²) in [4.78, 5) is 12.9. The normalized spacial score (nSPS) is 11.4. The monoisotopic (exact) mass is 252 g/mol. The first kappa shape index (κ1) is 14.3. The van der Waals surface area contributed by atoms with Gasteiger partial charge < -0.3 is 20.8 Å². The molecule has 0 aliphatic heterocycles. The third-order valence-electron chi connectivity index (χ3n) is 2.67. The number of aromatic carboxylic acids is 1. The minimum atomic E-state index is -1.05. The molecule has 1 rings (SSSR count). The van der Waals surface area contributed by atoms with Crippen LogP contribution >= 0.6 is 0 Å². The Morgan fingerprint density at radius 2 is 2.00 bits per heavy atom. The smallest absolute Gasteiger partial charge is 0.337 e. The molecule has 0 saturated carbocycles. The number of rotatable bonds is 4. The van der Waals surface area contributed by atoms with Gasteiger partial charge in [-0.2, -0.15) is 0 Å². The van der Waals surface area contributed by atoms with Crippen molar-refractivity contribution in [2.75, 3.05) is 24.2 Å². The maximum atomic E-state index is 11.1. The molecule has 0 spiro atoms. The summed E-state index contributed by atoms with van der Waals surface area (Å²) in [5.41, 5.74) is 6.69. The molecule has 0 aliphatic carbocycles. The number of aliphatic hydroxyl groups is 1. The van der Waals surface area contributed by atoms with Gasteiger partial charge in [0.2, 0.25) is 0 Å². The minimum Gasteiger partial charge on any atom is -0.478 e. The predicted molar refractivity (Wildman–Crippen MR) is 72.1 cm³/mol. The highest BCUT2D eigenvalue weighted by molar-refractivity contribution is 5.95. The molecule has 0 unspecified atom stereocenters. The molecule has 0 heterocycles. The quantitative estimate of drug-likeness (QED) is 0.707. The van der Waals surface area contributed by atoms with Crippen LogP contribution in [0.15, 0.2) is 12.1 Å². The number of benzene rings is 1. The minimum absolute atomic E-state index is 0.0904. The fourth-order valence-corrected chi connectivity index (χ4v) is 1.85. The number of aryl methyl sites for hydroxylation is 1. The van der Waals surface area contributed by atoms with E-state index < -0.39 is 11.6 Å². The third kappa shape index (κ3) is 3.37. The van der Waals surface area contributed by atoms with Crippen molar-refractivity contribution in [3.8, 4) is 0 Å². The molecule has 0 amide bonds. The van der Waals surface area contributed by atoms with Crippen LogP contribution < -0.4 is 10.6 Å². The first-order valence-electron chi connectivity index (χ1n) is 5.69. The molecule has 4 N–H and O–H groups in total. The van der Waals surface area contributed by atoms with Crippen molar-refractivity contribution in [3.63, 3.8) is 0 Å². The molecule has 100 valence electrons. The molecular formula is C13H20N2O3. The molecule has 0 aliphatic rings. The highest BCUT2D eigenvalue weighted by Gasteiger charge is 2.18. The molecule has 0 fully saturated rings. The maximum Gasteiger partial charge on any atom is 0.337 e. The van der Waals surface area contributed by atoms with Crippen molar-refractivity contribution in [3.05, 3.63) is 23.3 Å². The van der Waals surface area contributed by atoms with E-state index in [2.05, 4.69) is 0 Å². The predicted octanol–water partition coefficient (Wildman–Crippen LogP) is 1.48. The van der Waals surface area contributed by atoms with Crippen LogP contribution in [-0.4, -0.2) is 35.4 Å². The van der Waals surface area contributed by atoms with E-state index in [1.807, 2.05) is 6.07 Å². The summed E-state index contributed by atoms with van der Waals surface area (Å²) in [6.07, 6.45) is 0. The lowest BCUT2D eigenvalue weighted by atomic mass is 10.0. The average molecular weight is 252 g/mol. The largest absolute Gasteiger partial charge is 0.478 e. The van der Waals surface area contributed by atoms with Crippen LogP contribution in [0.2, 0.25) is 0 Å². The van der Waals surface area contributed by atoms with E-state index in [4.69, 9.17) is 10.8 Å². The van der Waals surface area contributed by atoms with Crippen molar-refractivity contribution in [2.45, 2.75) is 26.4 Å². The maximum absolute atomic E-state index is 11.1. The van der Waals surface area contributed by atoms with Crippen molar-refractivity contribution in [2.24, 2.45) is 0 Å². The van der Waals surface area contributed by atoms with Crippen LogP contribution in [0.5, 0.6) is 0 Å². The fraction of sp³-hybridized carbons (Fsp3) is 0.462. The lowest BCUT2D eigenvalue weighted by Crippen LogP contribution is -2.36. The van der Waals surface area contributed by atoms with Gasteiger partial charge in [-0.05, 0) is 38.5 Å². The summed E-state index contributed by atoms with van der Waals surface area (Å²) in [6.45, 7) is 5.57. The van der Waals surface area contributed by atoms with E-state index >= 15 is 0 Å². The second-order valence-electron chi connectivity index (χ2n) is 5.20. The van der Waals surface area contributed by atoms with Crippen LogP contribution in [0.3, 0.4) is 0 Å². The molecular weight excluding hydrogens is 232 g/mol. The molecule has 0 bridgehead atoms. The van der Waals surface area contributed by atoms with Crippen molar-refractivity contribution < 1.29 is 15.0 Å². The Bertz CT molecular complexity index is 464. The van der Waals surface area contributed by atoms with Crippen LogP contribution in [-0.2, 0) is 0 Å². The number of nitrogen functional groups attached to an aromatic ring is 1. The van der Waals surface area contributed by atoms with Gasteiger partial charge in [-0.25, -0.2) is 4.79 Å². The van der Waals surface area contributed by atoms with E-state index in [1.54, 1.807) is 32.7 Å². The van der Waals surface area contributed by atoms with E-state index in [0.717, 1.165) is 5.69 Å². The van der Waals surface area contributed by atoms with E-state index in [1.165, 1.54) is 6.07 Å². The number of nitrogens with two attached hydrogens (primary N) is 1. The Morgan fingerprint density at radius 1 is 1.44 bits per heavy atom. The van der Waals surface area contributed by atoms with Gasteiger partial charge >= 0.3 is 5.97 Å². The van der Waals surface area contributed by atoms with Crippen LogP contribution in [0.1, 0.15) is 29.8 Å². The topological polar surface area (TPSA) is 86.8 Å². The molecule has 5 nitrogen and oxygen atoms in total. The second-order valence-corrected chi connectivity index (χ2v) is 5.20. The van der Waals surface area contributed by atoms with E-state index in [-0.39, 0.29) is 11.3 Å². The number of hydrogen-bond donors (Lipinski definition) is 3. The van der Waals surface area contributed by atoms with Crippen LogP contribution in [0.4, 0.5) is 11.4 Å². The molecule has 0 atom stereocenters. The summed E-state index contributed by atoms with van der Waals surface area (Å²) in [5.74, 6) is -1.05. The zero-order valence-electron chi connectivity index (χ0n) is 11.2. The number of anilines is 2. The second kappa shape index (κ2) is 4.86. The molecule has 1 aromatic rings. The lowest BCUT2D eigenvalue weighted by Gasteiger charge is -2.28. The van der Waals surface area contributed by atoms with Gasteiger partial charge in [-0.1, -0.05) is 0 Å². The summed E-state index contributed by atoms with van der Waals surface area (Å²) in [7, 11) is 1.80. The number of likely N-dealkylation sites (N-methyl/N-ethyl adjacent to an activating group) is 1. The van der Waals surface area contributed by atoms with Crippen LogP contribution in [0.25, 0.3) is 0 Å². The van der Waals surface area contributed by atoms with Gasteiger partial charge in [0.15, 0.2) is 0 Å². The molecule has 18 heavy (non-hydrogen) atoms. The van der Waals surface area contributed by atoms with Crippen molar-refractivity contribution in [1.29, 1.82) is 0 Å². The highest BCUT2D eigenvalue weighted by Crippen LogP contribution is 2.25. The molecule has 5 heteroatoms. The summed E-state index contributed by atoms with van der Waals surface area (Å²) >= 11 is 0. The van der Waals surface area contributed by atoms with Crippen molar-refractivity contribution >= 4 is 17.3 Å². The van der Waals surface area contributed by atoms with Crippen molar-refractivity contribution in [1.82, 2.24) is 0 Å². The SMILES string of the molecule is Cc1cc(N(C)CC(C)(C)O)cc(C(=O)O)c1N. The first-order valence-corrected chi connectivity index (χ1v) is 5.69. The van der Waals surface area contributed by atoms with Gasteiger partial charge in [0.1, 0.15) is 0 Å². The molecule has 0 aromatic heterocycles. The standard InChI is InChI=1S/C13H20N2O3/c1-8-5-9(15(4)7-13(2,3)18)6-10(11(8)14)12(16)17/h5-6,18H,7,14H2,1-4H3,(H,16,17). The number of carbonyl (C=O) groups is 1. The number of hydrogen-bond acceptors (Lipinski definition) is 4. The highest BCUT2D eigenvalue weighted by atomic mass is 16.4. The number of nitrogens with zero attached hydrogens (tertiary/aromatic N) is 1. The Kier molecular flexibility index (Phi) is 3.86. The molecule has 0 saturated heterocycles. The van der Waals surface area contributed by atoms with Gasteiger partial charge in [0.25, 0.3) is 0 Å². The summed E-state index contributed by atoms with van der Waals surface area (Å²) < 4.78 is 0. The van der Waals surface area contributed by atoms with E-state index in [9.17, 15) is 9.90 Å². The summed E-state index contributed by atoms with van der Waals surface area (Å²) in [5, 5.41) is 18.9. The van der Waals surface area contributed by atoms with Crippen LogP contribution in [0, 0.1) is 6.92 Å². The van der Waals surface area contributed by atoms with Gasteiger partial charge in [-0.15, -0.1) is 0 Å². The Balaban J connectivity index is 3.15. The fourth-order valence-electron chi connectivity index (χ4n) is 1.85. The Hall–Kier alpha value is -1.75. The number of carboxylic acid groups (broad SMARTS) is 1. The van der Waals surface area contributed by atoms with Gasteiger partial charge in [0.05, 0.1) is 11.2 Å². The zero-order chi connectivity index (χ0) is 14.1. The molecule has 1 aromatic carbocycles. The average Bonchev–Trinajstić information content (AvgIpc) is 2.18. The molecule has 0 radical (unpaired) electrons. The Morgan fingerprint density at radius 3 is 2.44 bits per heavy atom. The first-order chi connectivity index (χ1) is 8.11. The van der Waals surface area contributed by atoms with Gasteiger partial charge in [-0.3, -0.25) is 0 Å². The Labute approximate surface area is 107 Å². The zero-order valence-corrected chi connectivity index (χ0v) is 11.2.